The molecule has 106 valence electrons. The van der Waals surface area contributed by atoms with Gasteiger partial charge in [-0.05, 0) is 17.9 Å². The van der Waals surface area contributed by atoms with Crippen LogP contribution in [0, 0.1) is 5.92 Å². The van der Waals surface area contributed by atoms with Gasteiger partial charge in [0.2, 0.25) is 0 Å². The average molecular weight is 376 g/mol. The van der Waals surface area contributed by atoms with E-state index < -0.39 is 0 Å². The molecule has 19 heavy (non-hydrogen) atoms. The van der Waals surface area contributed by atoms with Crippen molar-refractivity contribution in [2.45, 2.75) is 38.3 Å². The van der Waals surface area contributed by atoms with Gasteiger partial charge in [0.1, 0.15) is 0 Å². The monoisotopic (exact) mass is 376 g/mol. The van der Waals surface area contributed by atoms with Crippen molar-refractivity contribution in [2.75, 3.05) is 11.0 Å². The highest BCUT2D eigenvalue weighted by Gasteiger charge is 2.34. The lowest BCUT2D eigenvalue weighted by Gasteiger charge is -2.37. The Labute approximate surface area is 128 Å². The lowest BCUT2D eigenvalue weighted by Crippen LogP contribution is -2.46. The largest absolute Gasteiger partial charge is 0.390 e. The molecule has 0 aromatic heterocycles. The number of benzene rings is 1. The van der Waals surface area contributed by atoms with Crippen LogP contribution in [0.5, 0.6) is 0 Å². The summed E-state index contributed by atoms with van der Waals surface area (Å²) in [5.74, 6) is 0.338. The number of aliphatic hydroxyl groups excluding tert-OH is 1. The molecule has 1 heterocycles. The lowest BCUT2D eigenvalue weighted by molar-refractivity contribution is -0.151. The zero-order chi connectivity index (χ0) is 13.7. The quantitative estimate of drug-likeness (QED) is 0.635. The van der Waals surface area contributed by atoms with Crippen LogP contribution in [0.1, 0.15) is 18.9 Å². The molecule has 4 heteroatoms. The summed E-state index contributed by atoms with van der Waals surface area (Å²) in [6.07, 6.45) is 0.499. The second-order valence-corrected chi connectivity index (χ2v) is 6.03. The van der Waals surface area contributed by atoms with Crippen LogP contribution in [0.2, 0.25) is 0 Å². The van der Waals surface area contributed by atoms with Crippen LogP contribution in [0.15, 0.2) is 30.3 Å². The Balaban J connectivity index is 1.78. The molecule has 2 rings (SSSR count). The van der Waals surface area contributed by atoms with E-state index in [-0.39, 0.29) is 18.3 Å². The summed E-state index contributed by atoms with van der Waals surface area (Å²) < 4.78 is 12.5. The summed E-state index contributed by atoms with van der Waals surface area (Å²) in [5.41, 5.74) is 1.18. The molecule has 1 aromatic carbocycles. The molecule has 0 amide bonds. The second-order valence-electron chi connectivity index (χ2n) is 5.15. The second kappa shape index (κ2) is 7.57. The maximum Gasteiger partial charge on any atom is 0.0928 e. The van der Waals surface area contributed by atoms with Crippen LogP contribution in [-0.4, -0.2) is 34.5 Å². The molecule has 1 aliphatic heterocycles. The van der Waals surface area contributed by atoms with Crippen molar-refractivity contribution in [3.63, 3.8) is 0 Å². The van der Waals surface area contributed by atoms with Crippen LogP contribution < -0.4 is 0 Å². The van der Waals surface area contributed by atoms with Crippen molar-refractivity contribution in [1.82, 2.24) is 0 Å². The van der Waals surface area contributed by atoms with E-state index in [0.717, 1.165) is 10.8 Å². The molecule has 3 nitrogen and oxygen atoms in total. The third-order valence-electron chi connectivity index (χ3n) is 3.57. The van der Waals surface area contributed by atoms with Crippen LogP contribution >= 0.6 is 22.6 Å². The fraction of sp³-hybridized carbons (Fsp3) is 0.600. The smallest absolute Gasteiger partial charge is 0.0928 e. The van der Waals surface area contributed by atoms with Gasteiger partial charge in [-0.1, -0.05) is 59.8 Å². The van der Waals surface area contributed by atoms with Crippen molar-refractivity contribution < 1.29 is 14.6 Å². The van der Waals surface area contributed by atoms with Gasteiger partial charge in [0.25, 0.3) is 0 Å². The molecular formula is C15H21IO3. The fourth-order valence-electron chi connectivity index (χ4n) is 2.34. The zero-order valence-corrected chi connectivity index (χ0v) is 13.3. The minimum Gasteiger partial charge on any atom is -0.390 e. The van der Waals surface area contributed by atoms with E-state index in [2.05, 4.69) is 41.6 Å². The standard InChI is InChI=1S/C15H21IO3/c1-11-7-13(17)14(8-16)19-15(11)10-18-9-12-5-3-2-4-6-12/h2-6,11,13-15,17H,7-10H2,1H3/t11-,13-,14-,15-/m1/s1. The first kappa shape index (κ1) is 15.2. The molecule has 0 spiro atoms. The third-order valence-corrected chi connectivity index (χ3v) is 4.44. The van der Waals surface area contributed by atoms with Gasteiger partial charge in [0, 0.05) is 4.43 Å². The Morgan fingerprint density at radius 3 is 2.74 bits per heavy atom. The first-order valence-corrected chi connectivity index (χ1v) is 8.24. The Kier molecular flexibility index (Phi) is 6.06. The number of ether oxygens (including phenoxy) is 2. The van der Waals surface area contributed by atoms with E-state index >= 15 is 0 Å². The lowest BCUT2D eigenvalue weighted by atomic mass is 9.92. The molecule has 0 saturated carbocycles. The highest BCUT2D eigenvalue weighted by Crippen LogP contribution is 2.26. The fourth-order valence-corrected chi connectivity index (χ4v) is 3.14. The minimum atomic E-state index is -0.336. The van der Waals surface area contributed by atoms with E-state index in [0.29, 0.717) is 19.1 Å². The molecule has 4 atom stereocenters. The van der Waals surface area contributed by atoms with Crippen LogP contribution in [0.4, 0.5) is 0 Å². The summed E-state index contributed by atoms with van der Waals surface area (Å²) >= 11 is 2.26. The molecule has 0 aliphatic carbocycles. The SMILES string of the molecule is C[C@@H]1C[C@@H](O)[C@@H](CI)O[C@@H]1COCc1ccccc1. The van der Waals surface area contributed by atoms with E-state index in [1.807, 2.05) is 18.2 Å². The molecule has 0 unspecified atom stereocenters. The molecule has 0 radical (unpaired) electrons. The van der Waals surface area contributed by atoms with Gasteiger partial charge in [-0.2, -0.15) is 0 Å². The Bertz CT molecular complexity index is 371. The first-order valence-electron chi connectivity index (χ1n) is 6.72. The van der Waals surface area contributed by atoms with Crippen molar-refractivity contribution in [2.24, 2.45) is 5.92 Å². The molecule has 1 N–H and O–H groups in total. The molecule has 1 aromatic rings. The van der Waals surface area contributed by atoms with Crippen molar-refractivity contribution in [3.8, 4) is 0 Å². The topological polar surface area (TPSA) is 38.7 Å². The molecule has 1 saturated heterocycles. The maximum absolute atomic E-state index is 9.89. The number of hydrogen-bond donors (Lipinski definition) is 1. The highest BCUT2D eigenvalue weighted by molar-refractivity contribution is 14.1. The van der Waals surface area contributed by atoms with Gasteiger partial charge in [0.05, 0.1) is 31.5 Å². The number of halogens is 1. The number of alkyl halides is 1. The van der Waals surface area contributed by atoms with Gasteiger partial charge >= 0.3 is 0 Å². The Morgan fingerprint density at radius 2 is 2.05 bits per heavy atom. The predicted octanol–water partition coefficient (Wildman–Crippen LogP) is 2.79. The third kappa shape index (κ3) is 4.41. The Morgan fingerprint density at radius 1 is 1.32 bits per heavy atom. The number of rotatable bonds is 5. The molecule has 1 aliphatic rings. The van der Waals surface area contributed by atoms with Crippen molar-refractivity contribution in [3.05, 3.63) is 35.9 Å². The predicted molar refractivity (Wildman–Crippen MR) is 83.4 cm³/mol. The first-order chi connectivity index (χ1) is 9.20. The van der Waals surface area contributed by atoms with Gasteiger partial charge in [-0.15, -0.1) is 0 Å². The number of hydrogen-bond acceptors (Lipinski definition) is 3. The van der Waals surface area contributed by atoms with Crippen LogP contribution in [0.25, 0.3) is 0 Å². The summed E-state index contributed by atoms with van der Waals surface area (Å²) in [5, 5.41) is 9.89. The Hall–Kier alpha value is -0.170. The van der Waals surface area contributed by atoms with Crippen molar-refractivity contribution in [1.29, 1.82) is 0 Å². The van der Waals surface area contributed by atoms with E-state index in [1.165, 1.54) is 5.56 Å². The van der Waals surface area contributed by atoms with Gasteiger partial charge < -0.3 is 14.6 Å². The molecule has 1 fully saturated rings. The van der Waals surface area contributed by atoms with Crippen LogP contribution in [0.3, 0.4) is 0 Å². The number of aliphatic hydroxyl groups is 1. The van der Waals surface area contributed by atoms with Gasteiger partial charge in [-0.3, -0.25) is 0 Å². The normalized spacial score (nSPS) is 31.3. The van der Waals surface area contributed by atoms with Gasteiger partial charge in [-0.25, -0.2) is 0 Å². The molecule has 0 bridgehead atoms. The highest BCUT2D eigenvalue weighted by atomic mass is 127. The van der Waals surface area contributed by atoms with Gasteiger partial charge in [0.15, 0.2) is 0 Å². The van der Waals surface area contributed by atoms with E-state index in [4.69, 9.17) is 9.47 Å². The molecular weight excluding hydrogens is 355 g/mol. The average Bonchev–Trinajstić information content (AvgIpc) is 2.42. The summed E-state index contributed by atoms with van der Waals surface area (Å²) in [4.78, 5) is 0. The van der Waals surface area contributed by atoms with E-state index in [1.54, 1.807) is 0 Å². The van der Waals surface area contributed by atoms with Crippen molar-refractivity contribution >= 4 is 22.6 Å². The summed E-state index contributed by atoms with van der Waals surface area (Å²) in [6, 6.07) is 10.1. The minimum absolute atomic E-state index is 0.0536. The van der Waals surface area contributed by atoms with E-state index in [9.17, 15) is 5.11 Å². The maximum atomic E-state index is 9.89. The summed E-state index contributed by atoms with van der Waals surface area (Å²) in [6.45, 7) is 3.32. The summed E-state index contributed by atoms with van der Waals surface area (Å²) in [7, 11) is 0. The zero-order valence-electron chi connectivity index (χ0n) is 11.2. The van der Waals surface area contributed by atoms with Crippen LogP contribution in [-0.2, 0) is 16.1 Å².